The fraction of sp³-hybridized carbons (Fsp3) is 0.636. The quantitative estimate of drug-likeness (QED) is 0.831. The van der Waals surface area contributed by atoms with Gasteiger partial charge in [-0.15, -0.1) is 0 Å². The summed E-state index contributed by atoms with van der Waals surface area (Å²) >= 11 is 0. The zero-order chi connectivity index (χ0) is 11.4. The molecule has 1 fully saturated rings. The highest BCUT2D eigenvalue weighted by atomic mass is 16.5. The Morgan fingerprint density at radius 3 is 3.12 bits per heavy atom. The first-order valence-corrected chi connectivity index (χ1v) is 5.61. The Hall–Kier alpha value is -1.36. The number of anilines is 2. The van der Waals surface area contributed by atoms with E-state index in [1.165, 1.54) is 0 Å². The Kier molecular flexibility index (Phi) is 3.56. The number of nitrogens with one attached hydrogen (secondary N) is 1. The number of piperidine rings is 1. The smallest absolute Gasteiger partial charge is 0.149 e. The zero-order valence-corrected chi connectivity index (χ0v) is 9.81. The summed E-state index contributed by atoms with van der Waals surface area (Å²) in [6, 6.07) is 0. The van der Waals surface area contributed by atoms with Gasteiger partial charge in [-0.25, -0.2) is 4.98 Å². The minimum absolute atomic E-state index is 0.314. The van der Waals surface area contributed by atoms with E-state index < -0.39 is 0 Å². The summed E-state index contributed by atoms with van der Waals surface area (Å²) in [7, 11) is 3.62. The monoisotopic (exact) mass is 222 g/mol. The van der Waals surface area contributed by atoms with Gasteiger partial charge in [-0.1, -0.05) is 0 Å². The van der Waals surface area contributed by atoms with Gasteiger partial charge in [-0.2, -0.15) is 0 Å². The molecule has 0 amide bonds. The zero-order valence-electron chi connectivity index (χ0n) is 9.81. The lowest BCUT2D eigenvalue weighted by Gasteiger charge is -2.32. The normalized spacial score (nSPS) is 20.9. The molecule has 1 atom stereocenters. The second-order valence-electron chi connectivity index (χ2n) is 3.96. The average molecular weight is 222 g/mol. The molecule has 1 N–H and O–H groups in total. The van der Waals surface area contributed by atoms with Crippen molar-refractivity contribution >= 4 is 11.6 Å². The molecule has 0 spiro atoms. The minimum Gasteiger partial charge on any atom is -0.380 e. The second-order valence-corrected chi connectivity index (χ2v) is 3.96. The van der Waals surface area contributed by atoms with E-state index in [4.69, 9.17) is 4.74 Å². The van der Waals surface area contributed by atoms with Gasteiger partial charge in [-0.05, 0) is 12.8 Å². The van der Waals surface area contributed by atoms with Gasteiger partial charge in [0, 0.05) is 27.2 Å². The number of aromatic nitrogens is 2. The predicted octanol–water partition coefficient (Wildman–Crippen LogP) is 1.13. The summed E-state index contributed by atoms with van der Waals surface area (Å²) in [6.07, 6.45) is 6.12. The second kappa shape index (κ2) is 5.12. The lowest BCUT2D eigenvalue weighted by Crippen LogP contribution is -2.39. The van der Waals surface area contributed by atoms with Gasteiger partial charge in [0.05, 0.1) is 18.5 Å². The minimum atomic E-state index is 0.314. The van der Waals surface area contributed by atoms with Crippen molar-refractivity contribution in [1.82, 2.24) is 9.97 Å². The molecule has 1 aliphatic rings. The maximum Gasteiger partial charge on any atom is 0.149 e. The van der Waals surface area contributed by atoms with Crippen LogP contribution >= 0.6 is 0 Å². The fourth-order valence-corrected chi connectivity index (χ4v) is 1.97. The van der Waals surface area contributed by atoms with Crippen molar-refractivity contribution in [2.75, 3.05) is 37.5 Å². The van der Waals surface area contributed by atoms with E-state index in [2.05, 4.69) is 20.2 Å². The van der Waals surface area contributed by atoms with E-state index in [0.717, 1.165) is 37.6 Å². The van der Waals surface area contributed by atoms with Crippen molar-refractivity contribution in [2.24, 2.45) is 0 Å². The lowest BCUT2D eigenvalue weighted by molar-refractivity contribution is 0.0891. The molecule has 0 bridgehead atoms. The molecular weight excluding hydrogens is 204 g/mol. The summed E-state index contributed by atoms with van der Waals surface area (Å²) in [5.41, 5.74) is 0. The van der Waals surface area contributed by atoms with E-state index in [9.17, 15) is 0 Å². The van der Waals surface area contributed by atoms with E-state index in [1.807, 2.05) is 7.05 Å². The van der Waals surface area contributed by atoms with Crippen LogP contribution < -0.4 is 10.2 Å². The average Bonchev–Trinajstić information content (AvgIpc) is 2.39. The van der Waals surface area contributed by atoms with Crippen molar-refractivity contribution < 1.29 is 4.74 Å². The molecule has 1 aromatic heterocycles. The van der Waals surface area contributed by atoms with Crippen LogP contribution in [-0.2, 0) is 4.74 Å². The van der Waals surface area contributed by atoms with Crippen LogP contribution in [0.15, 0.2) is 12.4 Å². The van der Waals surface area contributed by atoms with Gasteiger partial charge in [-0.3, -0.25) is 4.98 Å². The molecule has 0 aromatic carbocycles. The van der Waals surface area contributed by atoms with Crippen LogP contribution in [0, 0.1) is 0 Å². The third kappa shape index (κ3) is 2.41. The number of ether oxygens (including phenoxy) is 1. The largest absolute Gasteiger partial charge is 0.380 e. The molecule has 2 heterocycles. The molecule has 1 aliphatic heterocycles. The lowest BCUT2D eigenvalue weighted by atomic mass is 10.1. The Labute approximate surface area is 95.8 Å². The van der Waals surface area contributed by atoms with Gasteiger partial charge in [0.1, 0.15) is 11.6 Å². The van der Waals surface area contributed by atoms with Crippen LogP contribution in [0.25, 0.3) is 0 Å². The van der Waals surface area contributed by atoms with Crippen LogP contribution in [0.4, 0.5) is 11.6 Å². The molecule has 0 saturated carbocycles. The van der Waals surface area contributed by atoms with E-state index in [-0.39, 0.29) is 0 Å². The highest BCUT2D eigenvalue weighted by Crippen LogP contribution is 2.19. The number of rotatable bonds is 3. The van der Waals surface area contributed by atoms with Gasteiger partial charge >= 0.3 is 0 Å². The fourth-order valence-electron chi connectivity index (χ4n) is 1.97. The molecular formula is C11H18N4O. The molecule has 88 valence electrons. The summed E-state index contributed by atoms with van der Waals surface area (Å²) in [5, 5.41) is 3.00. The van der Waals surface area contributed by atoms with E-state index in [0.29, 0.717) is 6.10 Å². The van der Waals surface area contributed by atoms with Gasteiger partial charge in [0.25, 0.3) is 0 Å². The maximum absolute atomic E-state index is 5.39. The van der Waals surface area contributed by atoms with Gasteiger partial charge in [0.2, 0.25) is 0 Å². The van der Waals surface area contributed by atoms with Gasteiger partial charge < -0.3 is 15.0 Å². The van der Waals surface area contributed by atoms with Crippen molar-refractivity contribution in [3.63, 3.8) is 0 Å². The predicted molar refractivity (Wildman–Crippen MR) is 63.8 cm³/mol. The highest BCUT2D eigenvalue weighted by Gasteiger charge is 2.20. The molecule has 1 unspecified atom stereocenters. The first kappa shape index (κ1) is 11.1. The summed E-state index contributed by atoms with van der Waals surface area (Å²) < 4.78 is 5.39. The standard InChI is InChI=1S/C11H18N4O/c1-12-10-6-13-7-11(14-10)15-5-3-4-9(8-15)16-2/h6-7,9H,3-5,8H2,1-2H3,(H,12,14). The van der Waals surface area contributed by atoms with E-state index in [1.54, 1.807) is 19.5 Å². The van der Waals surface area contributed by atoms with Gasteiger partial charge in [0.15, 0.2) is 0 Å². The SMILES string of the molecule is CNc1cncc(N2CCCC(OC)C2)n1. The third-order valence-electron chi connectivity index (χ3n) is 2.91. The third-order valence-corrected chi connectivity index (χ3v) is 2.91. The number of nitrogens with zero attached hydrogens (tertiary/aromatic N) is 3. The Morgan fingerprint density at radius 1 is 1.50 bits per heavy atom. The summed E-state index contributed by atoms with van der Waals surface area (Å²) in [5.74, 6) is 1.73. The van der Waals surface area contributed by atoms with E-state index >= 15 is 0 Å². The topological polar surface area (TPSA) is 50.3 Å². The molecule has 5 heteroatoms. The summed E-state index contributed by atoms with van der Waals surface area (Å²) in [4.78, 5) is 10.9. The Balaban J connectivity index is 2.10. The molecule has 1 aromatic rings. The summed E-state index contributed by atoms with van der Waals surface area (Å²) in [6.45, 7) is 1.93. The Morgan fingerprint density at radius 2 is 2.38 bits per heavy atom. The van der Waals surface area contributed by atoms with Crippen molar-refractivity contribution in [1.29, 1.82) is 0 Å². The Bertz CT molecular complexity index is 345. The van der Waals surface area contributed by atoms with Crippen LogP contribution in [0.1, 0.15) is 12.8 Å². The van der Waals surface area contributed by atoms with Crippen LogP contribution in [0.5, 0.6) is 0 Å². The van der Waals surface area contributed by atoms with Crippen molar-refractivity contribution in [2.45, 2.75) is 18.9 Å². The molecule has 0 radical (unpaired) electrons. The van der Waals surface area contributed by atoms with Crippen molar-refractivity contribution in [3.05, 3.63) is 12.4 Å². The molecule has 5 nitrogen and oxygen atoms in total. The number of hydrogen-bond donors (Lipinski definition) is 1. The highest BCUT2D eigenvalue weighted by molar-refractivity contribution is 5.43. The molecule has 16 heavy (non-hydrogen) atoms. The maximum atomic E-state index is 5.39. The molecule has 2 rings (SSSR count). The first-order valence-electron chi connectivity index (χ1n) is 5.61. The van der Waals surface area contributed by atoms with Crippen LogP contribution in [-0.4, -0.2) is 43.3 Å². The van der Waals surface area contributed by atoms with Crippen molar-refractivity contribution in [3.8, 4) is 0 Å². The van der Waals surface area contributed by atoms with Crippen LogP contribution in [0.2, 0.25) is 0 Å². The first-order chi connectivity index (χ1) is 7.83. The van der Waals surface area contributed by atoms with Crippen LogP contribution in [0.3, 0.4) is 0 Å². The number of hydrogen-bond acceptors (Lipinski definition) is 5. The molecule has 0 aliphatic carbocycles. The number of methoxy groups -OCH3 is 1. The molecule has 1 saturated heterocycles.